The maximum absolute atomic E-state index is 11.8. The van der Waals surface area contributed by atoms with Gasteiger partial charge in [0.1, 0.15) is 0 Å². The maximum atomic E-state index is 11.8. The van der Waals surface area contributed by atoms with Gasteiger partial charge >= 0.3 is 0 Å². The number of phenols is 2. The zero-order valence-corrected chi connectivity index (χ0v) is 10.5. The monoisotopic (exact) mass is 261 g/mol. The molecule has 0 aliphatic heterocycles. The standard InChI is InChI=1S/C13H15N3O3/c1-16-7-6-14-12(16)13(19)15-5-4-9-2-3-10(17)11(18)8-9/h2-3,6-8,17-18H,4-5H2,1H3,(H,15,19). The summed E-state index contributed by atoms with van der Waals surface area (Å²) in [6.45, 7) is 0.426. The minimum Gasteiger partial charge on any atom is -0.504 e. The summed E-state index contributed by atoms with van der Waals surface area (Å²) in [7, 11) is 1.75. The number of phenolic OH excluding ortho intramolecular Hbond substituents is 2. The highest BCUT2D eigenvalue weighted by Gasteiger charge is 2.09. The minimum absolute atomic E-state index is 0.152. The van der Waals surface area contributed by atoms with Crippen LogP contribution in [-0.4, -0.2) is 32.2 Å². The summed E-state index contributed by atoms with van der Waals surface area (Å²) in [5.74, 6) is -0.197. The number of hydrogen-bond donors (Lipinski definition) is 3. The molecule has 19 heavy (non-hydrogen) atoms. The number of nitrogens with one attached hydrogen (secondary N) is 1. The van der Waals surface area contributed by atoms with Gasteiger partial charge in [-0.1, -0.05) is 6.07 Å². The third kappa shape index (κ3) is 3.04. The van der Waals surface area contributed by atoms with Crippen molar-refractivity contribution in [1.82, 2.24) is 14.9 Å². The highest BCUT2D eigenvalue weighted by molar-refractivity contribution is 5.90. The molecule has 0 fully saturated rings. The lowest BCUT2D eigenvalue weighted by Gasteiger charge is -2.06. The predicted molar refractivity (Wildman–Crippen MR) is 69.0 cm³/mol. The molecule has 6 nitrogen and oxygen atoms in total. The Morgan fingerprint density at radius 3 is 2.79 bits per heavy atom. The van der Waals surface area contributed by atoms with Crippen molar-refractivity contribution in [2.24, 2.45) is 7.05 Å². The molecule has 0 saturated heterocycles. The lowest BCUT2D eigenvalue weighted by Crippen LogP contribution is -2.28. The van der Waals surface area contributed by atoms with Crippen LogP contribution in [0.4, 0.5) is 0 Å². The number of rotatable bonds is 4. The van der Waals surface area contributed by atoms with E-state index < -0.39 is 0 Å². The van der Waals surface area contributed by atoms with Gasteiger partial charge in [-0.25, -0.2) is 4.98 Å². The second kappa shape index (κ2) is 5.43. The molecule has 1 aromatic heterocycles. The molecule has 0 saturated carbocycles. The van der Waals surface area contributed by atoms with Gasteiger partial charge in [-0.3, -0.25) is 4.79 Å². The number of imidazole rings is 1. The van der Waals surface area contributed by atoms with E-state index in [0.717, 1.165) is 5.56 Å². The van der Waals surface area contributed by atoms with E-state index in [2.05, 4.69) is 10.3 Å². The molecular formula is C13H15N3O3. The molecule has 1 amide bonds. The van der Waals surface area contributed by atoms with Crippen LogP contribution in [0.2, 0.25) is 0 Å². The Kier molecular flexibility index (Phi) is 3.70. The Balaban J connectivity index is 1.88. The minimum atomic E-state index is -0.240. The summed E-state index contributed by atoms with van der Waals surface area (Å²) in [6.07, 6.45) is 3.82. The largest absolute Gasteiger partial charge is 0.504 e. The normalized spacial score (nSPS) is 10.4. The number of benzene rings is 1. The number of aromatic nitrogens is 2. The number of aryl methyl sites for hydroxylation is 1. The third-order valence-electron chi connectivity index (χ3n) is 2.76. The van der Waals surface area contributed by atoms with Gasteiger partial charge < -0.3 is 20.1 Å². The molecule has 0 unspecified atom stereocenters. The number of amides is 1. The van der Waals surface area contributed by atoms with Crippen molar-refractivity contribution in [3.63, 3.8) is 0 Å². The number of nitrogens with zero attached hydrogens (tertiary/aromatic N) is 2. The number of hydrogen-bond acceptors (Lipinski definition) is 4. The van der Waals surface area contributed by atoms with Gasteiger partial charge in [-0.2, -0.15) is 0 Å². The molecule has 0 aliphatic rings. The highest BCUT2D eigenvalue weighted by Crippen LogP contribution is 2.24. The number of aromatic hydroxyl groups is 2. The Hall–Kier alpha value is -2.50. The van der Waals surface area contributed by atoms with E-state index in [0.29, 0.717) is 18.8 Å². The molecule has 2 rings (SSSR count). The van der Waals surface area contributed by atoms with Crippen LogP contribution in [0.5, 0.6) is 11.5 Å². The molecule has 0 atom stereocenters. The summed E-state index contributed by atoms with van der Waals surface area (Å²) >= 11 is 0. The van der Waals surface area contributed by atoms with Gasteiger partial charge in [-0.05, 0) is 24.1 Å². The first kappa shape index (κ1) is 12.9. The van der Waals surface area contributed by atoms with Crippen LogP contribution in [0.3, 0.4) is 0 Å². The molecule has 1 heterocycles. The van der Waals surface area contributed by atoms with E-state index in [9.17, 15) is 15.0 Å². The number of carbonyl (C=O) groups is 1. The van der Waals surface area contributed by atoms with Crippen molar-refractivity contribution in [3.8, 4) is 11.5 Å². The topological polar surface area (TPSA) is 87.4 Å². The molecule has 3 N–H and O–H groups in total. The van der Waals surface area contributed by atoms with Crippen LogP contribution in [0.1, 0.15) is 16.2 Å². The Morgan fingerprint density at radius 1 is 1.37 bits per heavy atom. The second-order valence-corrected chi connectivity index (χ2v) is 4.19. The van der Waals surface area contributed by atoms with Crippen molar-refractivity contribution < 1.29 is 15.0 Å². The maximum Gasteiger partial charge on any atom is 0.287 e. The van der Waals surface area contributed by atoms with Gasteiger partial charge in [0.2, 0.25) is 0 Å². The Labute approximate surface area is 110 Å². The Morgan fingerprint density at radius 2 is 2.16 bits per heavy atom. The van der Waals surface area contributed by atoms with Gasteiger partial charge in [0, 0.05) is 26.0 Å². The summed E-state index contributed by atoms with van der Waals surface area (Å²) < 4.78 is 1.64. The third-order valence-corrected chi connectivity index (χ3v) is 2.76. The van der Waals surface area contributed by atoms with E-state index >= 15 is 0 Å². The smallest absolute Gasteiger partial charge is 0.287 e. The van der Waals surface area contributed by atoms with Gasteiger partial charge in [0.05, 0.1) is 0 Å². The van der Waals surface area contributed by atoms with E-state index in [1.165, 1.54) is 12.1 Å². The van der Waals surface area contributed by atoms with Crippen molar-refractivity contribution in [2.45, 2.75) is 6.42 Å². The van der Waals surface area contributed by atoms with E-state index in [1.807, 2.05) is 0 Å². The first-order chi connectivity index (χ1) is 9.08. The van der Waals surface area contributed by atoms with Gasteiger partial charge in [0.25, 0.3) is 5.91 Å². The molecule has 0 bridgehead atoms. The average Bonchev–Trinajstić information content (AvgIpc) is 2.80. The molecule has 6 heteroatoms. The predicted octanol–water partition coefficient (Wildman–Crippen LogP) is 0.804. The zero-order chi connectivity index (χ0) is 13.8. The van der Waals surface area contributed by atoms with Crippen molar-refractivity contribution >= 4 is 5.91 Å². The van der Waals surface area contributed by atoms with Gasteiger partial charge in [-0.15, -0.1) is 0 Å². The van der Waals surface area contributed by atoms with Gasteiger partial charge in [0.15, 0.2) is 17.3 Å². The first-order valence-electron chi connectivity index (χ1n) is 5.84. The lowest BCUT2D eigenvalue weighted by atomic mass is 10.1. The Bertz CT molecular complexity index is 593. The molecule has 1 aromatic carbocycles. The molecular weight excluding hydrogens is 246 g/mol. The fourth-order valence-corrected chi connectivity index (χ4v) is 1.71. The lowest BCUT2D eigenvalue weighted by molar-refractivity contribution is 0.0940. The van der Waals surface area contributed by atoms with Crippen molar-refractivity contribution in [2.75, 3.05) is 6.54 Å². The molecule has 0 spiro atoms. The van der Waals surface area contributed by atoms with Crippen LogP contribution < -0.4 is 5.32 Å². The summed E-state index contributed by atoms with van der Waals surface area (Å²) in [6, 6.07) is 4.59. The van der Waals surface area contributed by atoms with Crippen LogP contribution in [0, 0.1) is 0 Å². The van der Waals surface area contributed by atoms with Crippen LogP contribution in [0.15, 0.2) is 30.6 Å². The quantitative estimate of drug-likeness (QED) is 0.710. The summed E-state index contributed by atoms with van der Waals surface area (Å²) in [5.41, 5.74) is 0.829. The number of carbonyl (C=O) groups excluding carboxylic acids is 1. The summed E-state index contributed by atoms with van der Waals surface area (Å²) in [4.78, 5) is 15.7. The highest BCUT2D eigenvalue weighted by atomic mass is 16.3. The van der Waals surface area contributed by atoms with E-state index in [4.69, 9.17) is 0 Å². The zero-order valence-electron chi connectivity index (χ0n) is 10.5. The van der Waals surface area contributed by atoms with E-state index in [-0.39, 0.29) is 17.4 Å². The van der Waals surface area contributed by atoms with E-state index in [1.54, 1.807) is 30.1 Å². The first-order valence-corrected chi connectivity index (χ1v) is 5.84. The molecule has 0 aliphatic carbocycles. The molecule has 100 valence electrons. The molecule has 2 aromatic rings. The fraction of sp³-hybridized carbons (Fsp3) is 0.231. The molecule has 0 radical (unpaired) electrons. The van der Waals surface area contributed by atoms with Crippen LogP contribution in [0.25, 0.3) is 0 Å². The second-order valence-electron chi connectivity index (χ2n) is 4.19. The average molecular weight is 261 g/mol. The SMILES string of the molecule is Cn1ccnc1C(=O)NCCc1ccc(O)c(O)c1. The summed E-state index contributed by atoms with van der Waals surface area (Å²) in [5, 5.41) is 21.3. The van der Waals surface area contributed by atoms with Crippen molar-refractivity contribution in [1.29, 1.82) is 0 Å². The van der Waals surface area contributed by atoms with Crippen LogP contribution in [-0.2, 0) is 13.5 Å². The van der Waals surface area contributed by atoms with Crippen LogP contribution >= 0.6 is 0 Å². The van der Waals surface area contributed by atoms with Crippen molar-refractivity contribution in [3.05, 3.63) is 42.0 Å². The fourth-order valence-electron chi connectivity index (χ4n) is 1.71.